The molecule has 0 saturated carbocycles. The lowest BCUT2D eigenvalue weighted by molar-refractivity contribution is 0.256. The fraction of sp³-hybridized carbons (Fsp3) is 0.889. The van der Waals surface area contributed by atoms with Crippen molar-refractivity contribution in [2.75, 3.05) is 25.9 Å². The first-order chi connectivity index (χ1) is 7.28. The van der Waals surface area contributed by atoms with Crippen molar-refractivity contribution in [3.63, 3.8) is 0 Å². The van der Waals surface area contributed by atoms with Gasteiger partial charge < -0.3 is 10.6 Å². The average Bonchev–Trinajstić information content (AvgIpc) is 2.13. The van der Waals surface area contributed by atoms with E-state index in [4.69, 9.17) is 5.73 Å². The number of sulfonamides is 1. The molecule has 0 radical (unpaired) electrons. The fourth-order valence-corrected chi connectivity index (χ4v) is 2.49. The van der Waals surface area contributed by atoms with Crippen LogP contribution in [0.4, 0.5) is 0 Å². The van der Waals surface area contributed by atoms with E-state index in [2.05, 4.69) is 35.7 Å². The van der Waals surface area contributed by atoms with E-state index in [0.29, 0.717) is 19.1 Å². The van der Waals surface area contributed by atoms with Gasteiger partial charge in [0.1, 0.15) is 5.75 Å². The van der Waals surface area contributed by atoms with Crippen LogP contribution in [0.5, 0.6) is 0 Å². The maximum Gasteiger partial charge on any atom is 0.218 e. The molecule has 3 N–H and O–H groups in total. The summed E-state index contributed by atoms with van der Waals surface area (Å²) in [5.41, 5.74) is 5.18. The normalized spacial score (nSPS) is 14.0. The van der Waals surface area contributed by atoms with E-state index in [0.717, 1.165) is 6.42 Å². The van der Waals surface area contributed by atoms with Crippen LogP contribution < -0.4 is 10.5 Å². The molecular formula is C9H21N3O2S2. The minimum absolute atomic E-state index is 0.0113. The Labute approximate surface area is 103 Å². The van der Waals surface area contributed by atoms with Crippen LogP contribution in [0.1, 0.15) is 20.3 Å². The molecule has 0 aliphatic carbocycles. The highest BCUT2D eigenvalue weighted by atomic mass is 32.2. The van der Waals surface area contributed by atoms with Crippen molar-refractivity contribution in [3.8, 4) is 0 Å². The Bertz CT molecular complexity index is 317. The number of thiocarbonyl (C=S) groups is 1. The lowest BCUT2D eigenvalue weighted by Gasteiger charge is -2.23. The molecule has 0 aliphatic heterocycles. The monoisotopic (exact) mass is 267 g/mol. The Morgan fingerprint density at radius 2 is 2.12 bits per heavy atom. The highest BCUT2D eigenvalue weighted by molar-refractivity contribution is 7.92. The first-order valence-electron chi connectivity index (χ1n) is 5.24. The Hall–Kier alpha value is -0.240. The summed E-state index contributed by atoms with van der Waals surface area (Å²) < 4.78 is 25.2. The van der Waals surface area contributed by atoms with Crippen molar-refractivity contribution >= 4 is 27.2 Å². The van der Waals surface area contributed by atoms with Crippen molar-refractivity contribution in [1.82, 2.24) is 9.62 Å². The molecule has 7 heteroatoms. The number of nitrogens with zero attached hydrogens (tertiary/aromatic N) is 1. The third-order valence-corrected chi connectivity index (χ3v) is 4.12. The second kappa shape index (κ2) is 7.16. The van der Waals surface area contributed by atoms with Gasteiger partial charge in [0, 0.05) is 19.1 Å². The molecule has 0 amide bonds. The zero-order valence-electron chi connectivity index (χ0n) is 10.1. The number of nitrogens with two attached hydrogens (primary N) is 1. The second-order valence-corrected chi connectivity index (χ2v) is 6.19. The third kappa shape index (κ3) is 7.10. The molecule has 0 bridgehead atoms. The highest BCUT2D eigenvalue weighted by Crippen LogP contribution is 1.98. The summed E-state index contributed by atoms with van der Waals surface area (Å²) in [6.07, 6.45) is 1.04. The predicted octanol–water partition coefficient (Wildman–Crippen LogP) is -0.0778. The summed E-state index contributed by atoms with van der Waals surface area (Å²) in [5.74, 6) is -0.282. The Morgan fingerprint density at radius 3 is 2.56 bits per heavy atom. The molecule has 0 rings (SSSR count). The van der Waals surface area contributed by atoms with Gasteiger partial charge in [0.2, 0.25) is 10.0 Å². The van der Waals surface area contributed by atoms with Gasteiger partial charge in [-0.3, -0.25) is 0 Å². The van der Waals surface area contributed by atoms with Gasteiger partial charge in [-0.2, -0.15) is 0 Å². The van der Waals surface area contributed by atoms with Gasteiger partial charge in [0.05, 0.1) is 4.99 Å². The van der Waals surface area contributed by atoms with Crippen LogP contribution in [0.25, 0.3) is 0 Å². The molecule has 96 valence electrons. The molecule has 0 heterocycles. The van der Waals surface area contributed by atoms with E-state index >= 15 is 0 Å². The minimum atomic E-state index is -3.35. The van der Waals surface area contributed by atoms with Crippen LogP contribution in [0, 0.1) is 0 Å². The van der Waals surface area contributed by atoms with Crippen LogP contribution >= 0.6 is 12.2 Å². The van der Waals surface area contributed by atoms with Gasteiger partial charge in [-0.1, -0.05) is 19.1 Å². The van der Waals surface area contributed by atoms with Crippen LogP contribution in [0.2, 0.25) is 0 Å². The Kier molecular flexibility index (Phi) is 7.05. The van der Waals surface area contributed by atoms with E-state index in [1.165, 1.54) is 0 Å². The number of hydrogen-bond acceptors (Lipinski definition) is 4. The smallest absolute Gasteiger partial charge is 0.218 e. The number of nitrogens with one attached hydrogen (secondary N) is 1. The third-order valence-electron chi connectivity index (χ3n) is 2.46. The van der Waals surface area contributed by atoms with E-state index in [1.807, 2.05) is 7.05 Å². The molecule has 1 atom stereocenters. The zero-order valence-corrected chi connectivity index (χ0v) is 11.7. The molecule has 0 aromatic rings. The first-order valence-corrected chi connectivity index (χ1v) is 7.30. The molecular weight excluding hydrogens is 246 g/mol. The number of rotatable bonds is 8. The second-order valence-electron chi connectivity index (χ2n) is 3.86. The van der Waals surface area contributed by atoms with Gasteiger partial charge in [-0.25, -0.2) is 13.1 Å². The van der Waals surface area contributed by atoms with E-state index in [9.17, 15) is 8.42 Å². The summed E-state index contributed by atoms with van der Waals surface area (Å²) in [5, 5.41) is 0. The van der Waals surface area contributed by atoms with Crippen LogP contribution in [0.3, 0.4) is 0 Å². The largest absolute Gasteiger partial charge is 0.392 e. The van der Waals surface area contributed by atoms with Crippen molar-refractivity contribution in [1.29, 1.82) is 0 Å². The molecule has 1 unspecified atom stereocenters. The molecule has 16 heavy (non-hydrogen) atoms. The van der Waals surface area contributed by atoms with E-state index in [-0.39, 0.29) is 10.7 Å². The van der Waals surface area contributed by atoms with Gasteiger partial charge in [0.25, 0.3) is 0 Å². The van der Waals surface area contributed by atoms with E-state index < -0.39 is 10.0 Å². The molecule has 0 fully saturated rings. The summed E-state index contributed by atoms with van der Waals surface area (Å²) in [7, 11) is -1.38. The van der Waals surface area contributed by atoms with Crippen LogP contribution in [0.15, 0.2) is 0 Å². The molecule has 5 nitrogen and oxygen atoms in total. The Morgan fingerprint density at radius 1 is 1.56 bits per heavy atom. The van der Waals surface area contributed by atoms with Crippen molar-refractivity contribution in [3.05, 3.63) is 0 Å². The summed E-state index contributed by atoms with van der Waals surface area (Å²) >= 11 is 4.55. The van der Waals surface area contributed by atoms with E-state index in [1.54, 1.807) is 0 Å². The van der Waals surface area contributed by atoms with Gasteiger partial charge >= 0.3 is 0 Å². The first kappa shape index (κ1) is 15.8. The lowest BCUT2D eigenvalue weighted by Crippen LogP contribution is -2.39. The molecule has 0 aliphatic rings. The molecule has 0 saturated heterocycles. The summed E-state index contributed by atoms with van der Waals surface area (Å²) in [6, 6.07) is 0.445. The number of likely N-dealkylation sites (N-methyl/N-ethyl adjacent to an activating group) is 1. The summed E-state index contributed by atoms with van der Waals surface area (Å²) in [4.78, 5) is 2.09. The Balaban J connectivity index is 3.94. The zero-order chi connectivity index (χ0) is 12.8. The quantitative estimate of drug-likeness (QED) is 0.602. The SMILES string of the molecule is CCC(C)N(C)CCNS(=O)(=O)CC(N)=S. The topological polar surface area (TPSA) is 75.4 Å². The molecule has 0 aromatic heterocycles. The van der Waals surface area contributed by atoms with Crippen molar-refractivity contribution in [2.24, 2.45) is 5.73 Å². The number of hydrogen-bond donors (Lipinski definition) is 2. The van der Waals surface area contributed by atoms with Crippen molar-refractivity contribution in [2.45, 2.75) is 26.3 Å². The lowest BCUT2D eigenvalue weighted by atomic mass is 10.2. The maximum absolute atomic E-state index is 11.4. The van der Waals surface area contributed by atoms with Gasteiger partial charge in [0.15, 0.2) is 0 Å². The summed E-state index contributed by atoms with van der Waals surface area (Å²) in [6.45, 7) is 5.25. The van der Waals surface area contributed by atoms with Gasteiger partial charge in [-0.15, -0.1) is 0 Å². The minimum Gasteiger partial charge on any atom is -0.392 e. The fourth-order valence-electron chi connectivity index (χ4n) is 1.15. The van der Waals surface area contributed by atoms with Crippen LogP contribution in [-0.2, 0) is 10.0 Å². The maximum atomic E-state index is 11.4. The van der Waals surface area contributed by atoms with Gasteiger partial charge in [-0.05, 0) is 20.4 Å². The highest BCUT2D eigenvalue weighted by Gasteiger charge is 2.12. The standard InChI is InChI=1S/C9H21N3O2S2/c1-4-8(2)12(3)6-5-11-16(13,14)7-9(10)15/h8,11H,4-7H2,1-3H3,(H2,10,15). The predicted molar refractivity (Wildman–Crippen MR) is 71.0 cm³/mol. The van der Waals surface area contributed by atoms with Crippen molar-refractivity contribution < 1.29 is 8.42 Å². The van der Waals surface area contributed by atoms with Crippen LogP contribution in [-0.4, -0.2) is 50.2 Å². The average molecular weight is 267 g/mol. The molecule has 0 aromatic carbocycles. The molecule has 0 spiro atoms.